The monoisotopic (exact) mass is 252 g/mol. The second-order valence-corrected chi connectivity index (χ2v) is 6.45. The van der Waals surface area contributed by atoms with Gasteiger partial charge in [-0.15, -0.1) is 11.3 Å². The van der Waals surface area contributed by atoms with Crippen LogP contribution in [0.5, 0.6) is 0 Å². The first-order chi connectivity index (χ1) is 8.24. The topological polar surface area (TPSA) is 34.1 Å². The standard InChI is InChI=1S/C13H20N2OS/c1-8-5-9(2)12-10(6-8)15-13(17-12)11-7-16-4-3-14-11/h8-9,11,14H,3-7H2,1-2H3. The fraction of sp³-hybridized carbons (Fsp3) is 0.769. The van der Waals surface area contributed by atoms with Crippen molar-refractivity contribution in [2.45, 2.75) is 38.6 Å². The van der Waals surface area contributed by atoms with E-state index in [1.165, 1.54) is 22.0 Å². The van der Waals surface area contributed by atoms with Crippen molar-refractivity contribution in [1.29, 1.82) is 0 Å². The molecule has 4 heteroatoms. The summed E-state index contributed by atoms with van der Waals surface area (Å²) in [6.07, 6.45) is 2.47. The first kappa shape index (κ1) is 11.6. The molecule has 94 valence electrons. The molecule has 2 aliphatic rings. The fourth-order valence-corrected chi connectivity index (χ4v) is 4.13. The molecule has 1 aliphatic heterocycles. The Labute approximate surface area is 107 Å². The molecule has 0 bridgehead atoms. The number of rotatable bonds is 1. The zero-order valence-corrected chi connectivity index (χ0v) is 11.3. The van der Waals surface area contributed by atoms with Gasteiger partial charge in [0.15, 0.2) is 0 Å². The van der Waals surface area contributed by atoms with Crippen molar-refractivity contribution in [2.24, 2.45) is 5.92 Å². The van der Waals surface area contributed by atoms with E-state index in [2.05, 4.69) is 19.2 Å². The highest BCUT2D eigenvalue weighted by atomic mass is 32.1. The summed E-state index contributed by atoms with van der Waals surface area (Å²) in [5.41, 5.74) is 1.35. The highest BCUT2D eigenvalue weighted by Crippen LogP contribution is 2.39. The lowest BCUT2D eigenvalue weighted by Gasteiger charge is -2.22. The summed E-state index contributed by atoms with van der Waals surface area (Å²) in [5.74, 6) is 1.47. The Hall–Kier alpha value is -0.450. The maximum atomic E-state index is 5.52. The third-order valence-electron chi connectivity index (χ3n) is 3.71. The van der Waals surface area contributed by atoms with Gasteiger partial charge in [-0.05, 0) is 24.7 Å². The van der Waals surface area contributed by atoms with Crippen LogP contribution in [0.15, 0.2) is 0 Å². The lowest BCUT2D eigenvalue weighted by atomic mass is 9.86. The molecule has 3 atom stereocenters. The third kappa shape index (κ3) is 2.26. The fourth-order valence-electron chi connectivity index (χ4n) is 2.91. The molecule has 2 heterocycles. The van der Waals surface area contributed by atoms with E-state index in [0.717, 1.165) is 32.1 Å². The van der Waals surface area contributed by atoms with Gasteiger partial charge in [-0.1, -0.05) is 13.8 Å². The lowest BCUT2D eigenvalue weighted by Crippen LogP contribution is -2.34. The number of hydrogen-bond donors (Lipinski definition) is 1. The molecule has 1 aromatic heterocycles. The van der Waals surface area contributed by atoms with Gasteiger partial charge < -0.3 is 10.1 Å². The van der Waals surface area contributed by atoms with Crippen molar-refractivity contribution in [3.05, 3.63) is 15.6 Å². The normalized spacial score (nSPS) is 33.4. The van der Waals surface area contributed by atoms with Crippen LogP contribution >= 0.6 is 11.3 Å². The molecule has 1 fully saturated rings. The van der Waals surface area contributed by atoms with Gasteiger partial charge in [-0.25, -0.2) is 4.98 Å². The van der Waals surface area contributed by atoms with Crippen LogP contribution in [0.1, 0.15) is 47.8 Å². The van der Waals surface area contributed by atoms with E-state index in [9.17, 15) is 0 Å². The van der Waals surface area contributed by atoms with E-state index < -0.39 is 0 Å². The molecule has 0 aromatic carbocycles. The molecule has 0 amide bonds. The minimum atomic E-state index is 0.321. The van der Waals surface area contributed by atoms with Crippen LogP contribution in [0.4, 0.5) is 0 Å². The average Bonchev–Trinajstić information content (AvgIpc) is 2.74. The lowest BCUT2D eigenvalue weighted by molar-refractivity contribution is 0.0767. The molecule has 3 unspecified atom stereocenters. The van der Waals surface area contributed by atoms with Crippen molar-refractivity contribution in [3.63, 3.8) is 0 Å². The summed E-state index contributed by atoms with van der Waals surface area (Å²) in [5, 5.41) is 4.73. The van der Waals surface area contributed by atoms with Crippen LogP contribution in [-0.4, -0.2) is 24.7 Å². The predicted octanol–water partition coefficient (Wildman–Crippen LogP) is 2.49. The van der Waals surface area contributed by atoms with Gasteiger partial charge in [0.25, 0.3) is 0 Å². The zero-order chi connectivity index (χ0) is 11.8. The number of nitrogens with zero attached hydrogens (tertiary/aromatic N) is 1. The Morgan fingerprint density at radius 3 is 3.06 bits per heavy atom. The van der Waals surface area contributed by atoms with E-state index in [4.69, 9.17) is 9.72 Å². The summed E-state index contributed by atoms with van der Waals surface area (Å²) >= 11 is 1.90. The van der Waals surface area contributed by atoms with Crippen molar-refractivity contribution in [1.82, 2.24) is 10.3 Å². The molecular weight excluding hydrogens is 232 g/mol. The van der Waals surface area contributed by atoms with E-state index in [1.807, 2.05) is 11.3 Å². The van der Waals surface area contributed by atoms with Gasteiger partial charge in [-0.3, -0.25) is 0 Å². The Morgan fingerprint density at radius 1 is 1.41 bits per heavy atom. The number of morpholine rings is 1. The molecule has 1 saturated heterocycles. The Balaban J connectivity index is 1.85. The highest BCUT2D eigenvalue weighted by Gasteiger charge is 2.28. The van der Waals surface area contributed by atoms with Crippen LogP contribution < -0.4 is 5.32 Å². The summed E-state index contributed by atoms with van der Waals surface area (Å²) in [6, 6.07) is 0.321. The molecule has 17 heavy (non-hydrogen) atoms. The summed E-state index contributed by atoms with van der Waals surface area (Å²) < 4.78 is 5.52. The number of aromatic nitrogens is 1. The van der Waals surface area contributed by atoms with E-state index >= 15 is 0 Å². The Morgan fingerprint density at radius 2 is 2.29 bits per heavy atom. The molecule has 3 nitrogen and oxygen atoms in total. The number of nitrogens with one attached hydrogen (secondary N) is 1. The number of thiazole rings is 1. The van der Waals surface area contributed by atoms with Gasteiger partial charge in [0, 0.05) is 11.4 Å². The third-order valence-corrected chi connectivity index (χ3v) is 5.15. The molecule has 1 aliphatic carbocycles. The minimum absolute atomic E-state index is 0.321. The maximum absolute atomic E-state index is 5.52. The van der Waals surface area contributed by atoms with Crippen molar-refractivity contribution >= 4 is 11.3 Å². The van der Waals surface area contributed by atoms with E-state index in [1.54, 1.807) is 0 Å². The second-order valence-electron chi connectivity index (χ2n) is 5.39. The van der Waals surface area contributed by atoms with Crippen LogP contribution in [0, 0.1) is 5.92 Å². The molecule has 0 radical (unpaired) electrons. The quantitative estimate of drug-likeness (QED) is 0.834. The minimum Gasteiger partial charge on any atom is -0.378 e. The van der Waals surface area contributed by atoms with Gasteiger partial charge >= 0.3 is 0 Å². The van der Waals surface area contributed by atoms with Crippen molar-refractivity contribution in [3.8, 4) is 0 Å². The van der Waals surface area contributed by atoms with Gasteiger partial charge in [0.05, 0.1) is 24.9 Å². The van der Waals surface area contributed by atoms with Crippen LogP contribution in [0.25, 0.3) is 0 Å². The van der Waals surface area contributed by atoms with Crippen molar-refractivity contribution < 1.29 is 4.74 Å². The van der Waals surface area contributed by atoms with E-state index in [-0.39, 0.29) is 0 Å². The van der Waals surface area contributed by atoms with Crippen LogP contribution in [0.2, 0.25) is 0 Å². The summed E-state index contributed by atoms with van der Waals surface area (Å²) in [7, 11) is 0. The predicted molar refractivity (Wildman–Crippen MR) is 69.6 cm³/mol. The zero-order valence-electron chi connectivity index (χ0n) is 10.5. The smallest absolute Gasteiger partial charge is 0.112 e. The second kappa shape index (κ2) is 4.67. The first-order valence-electron chi connectivity index (χ1n) is 6.54. The summed E-state index contributed by atoms with van der Waals surface area (Å²) in [4.78, 5) is 6.37. The molecule has 1 N–H and O–H groups in total. The molecule has 0 spiro atoms. The first-order valence-corrected chi connectivity index (χ1v) is 7.36. The number of fused-ring (bicyclic) bond motifs is 1. The van der Waals surface area contributed by atoms with Crippen LogP contribution in [0.3, 0.4) is 0 Å². The van der Waals surface area contributed by atoms with Gasteiger partial charge in [0.2, 0.25) is 0 Å². The molecule has 1 aromatic rings. The van der Waals surface area contributed by atoms with E-state index in [0.29, 0.717) is 12.0 Å². The number of ether oxygens (including phenoxy) is 1. The maximum Gasteiger partial charge on any atom is 0.112 e. The Kier molecular flexibility index (Phi) is 3.19. The average molecular weight is 252 g/mol. The molecular formula is C13H20N2OS. The van der Waals surface area contributed by atoms with Gasteiger partial charge in [-0.2, -0.15) is 0 Å². The SMILES string of the molecule is CC1Cc2nc(C3COCCN3)sc2C(C)C1. The Bertz CT molecular complexity index is 398. The molecule has 0 saturated carbocycles. The van der Waals surface area contributed by atoms with Crippen molar-refractivity contribution in [2.75, 3.05) is 19.8 Å². The van der Waals surface area contributed by atoms with Crippen LogP contribution in [-0.2, 0) is 11.2 Å². The molecule has 3 rings (SSSR count). The summed E-state index contributed by atoms with van der Waals surface area (Å²) in [6.45, 7) is 7.22. The largest absolute Gasteiger partial charge is 0.378 e. The number of hydrogen-bond acceptors (Lipinski definition) is 4. The highest BCUT2D eigenvalue weighted by molar-refractivity contribution is 7.12. The van der Waals surface area contributed by atoms with Gasteiger partial charge in [0.1, 0.15) is 5.01 Å².